The molecule has 1 aromatic carbocycles. The lowest BCUT2D eigenvalue weighted by Crippen LogP contribution is -2.35. The first-order valence-corrected chi connectivity index (χ1v) is 9.46. The standard InChI is InChI=1S/C22H32O4/c1-15-10-16(2)20(17(3)11-15)12-18(23)13-22(14-21(24)26-5)8-6-19(25-4)7-9-22/h10-11,19H,6-9,12-14H2,1-5H3. The fraction of sp³-hybridized carbons (Fsp3) is 0.636. The quantitative estimate of drug-likeness (QED) is 0.682. The molecule has 0 aliphatic heterocycles. The van der Waals surface area contributed by atoms with Crippen LogP contribution in [0.3, 0.4) is 0 Å². The second kappa shape index (κ2) is 8.81. The van der Waals surface area contributed by atoms with Crippen LogP contribution >= 0.6 is 0 Å². The lowest BCUT2D eigenvalue weighted by molar-refractivity contribution is -0.145. The summed E-state index contributed by atoms with van der Waals surface area (Å²) in [5.74, 6) is -0.0174. The Morgan fingerprint density at radius 2 is 1.62 bits per heavy atom. The van der Waals surface area contributed by atoms with Gasteiger partial charge in [0.2, 0.25) is 0 Å². The number of ether oxygens (including phenoxy) is 2. The first kappa shape index (κ1) is 20.6. The van der Waals surface area contributed by atoms with E-state index in [9.17, 15) is 9.59 Å². The van der Waals surface area contributed by atoms with Gasteiger partial charge in [-0.05, 0) is 68.6 Å². The highest BCUT2D eigenvalue weighted by Gasteiger charge is 2.39. The predicted molar refractivity (Wildman–Crippen MR) is 102 cm³/mol. The van der Waals surface area contributed by atoms with E-state index in [1.54, 1.807) is 7.11 Å². The van der Waals surface area contributed by atoms with Crippen molar-refractivity contribution in [3.05, 3.63) is 34.4 Å². The maximum absolute atomic E-state index is 12.9. The molecule has 0 atom stereocenters. The lowest BCUT2D eigenvalue weighted by atomic mass is 9.67. The third-order valence-corrected chi connectivity index (χ3v) is 5.86. The summed E-state index contributed by atoms with van der Waals surface area (Å²) >= 11 is 0. The van der Waals surface area contributed by atoms with Crippen LogP contribution < -0.4 is 0 Å². The molecule has 4 nitrogen and oxygen atoms in total. The van der Waals surface area contributed by atoms with E-state index < -0.39 is 0 Å². The Morgan fingerprint density at radius 1 is 1.04 bits per heavy atom. The van der Waals surface area contributed by atoms with Crippen LogP contribution in [0.15, 0.2) is 12.1 Å². The van der Waals surface area contributed by atoms with Crippen LogP contribution in [0.4, 0.5) is 0 Å². The van der Waals surface area contributed by atoms with Crippen LogP contribution in [0.5, 0.6) is 0 Å². The largest absolute Gasteiger partial charge is 0.469 e. The number of rotatable bonds is 7. The van der Waals surface area contributed by atoms with Gasteiger partial charge in [0.05, 0.1) is 19.6 Å². The highest BCUT2D eigenvalue weighted by molar-refractivity contribution is 5.83. The molecule has 0 unspecified atom stereocenters. The minimum atomic E-state index is -0.286. The first-order chi connectivity index (χ1) is 12.3. The third kappa shape index (κ3) is 5.16. The van der Waals surface area contributed by atoms with Crippen molar-refractivity contribution in [1.29, 1.82) is 0 Å². The fourth-order valence-electron chi connectivity index (χ4n) is 4.40. The molecule has 1 aliphatic carbocycles. The molecule has 26 heavy (non-hydrogen) atoms. The van der Waals surface area contributed by atoms with Crippen molar-refractivity contribution >= 4 is 11.8 Å². The van der Waals surface area contributed by atoms with E-state index >= 15 is 0 Å². The Kier molecular flexibility index (Phi) is 6.99. The third-order valence-electron chi connectivity index (χ3n) is 5.86. The van der Waals surface area contributed by atoms with Crippen molar-refractivity contribution in [2.75, 3.05) is 14.2 Å². The highest BCUT2D eigenvalue weighted by atomic mass is 16.5. The zero-order valence-electron chi connectivity index (χ0n) is 16.8. The van der Waals surface area contributed by atoms with E-state index in [-0.39, 0.29) is 23.3 Å². The van der Waals surface area contributed by atoms with E-state index in [1.807, 2.05) is 0 Å². The van der Waals surface area contributed by atoms with Crippen LogP contribution in [0, 0.1) is 26.2 Å². The molecule has 2 rings (SSSR count). The van der Waals surface area contributed by atoms with Gasteiger partial charge in [-0.25, -0.2) is 0 Å². The monoisotopic (exact) mass is 360 g/mol. The van der Waals surface area contributed by atoms with Crippen molar-refractivity contribution in [3.63, 3.8) is 0 Å². The Morgan fingerprint density at radius 3 is 2.12 bits per heavy atom. The summed E-state index contributed by atoms with van der Waals surface area (Å²) in [7, 11) is 3.14. The van der Waals surface area contributed by atoms with Gasteiger partial charge in [0.25, 0.3) is 0 Å². The van der Waals surface area contributed by atoms with E-state index in [0.717, 1.165) is 31.2 Å². The highest BCUT2D eigenvalue weighted by Crippen LogP contribution is 2.43. The van der Waals surface area contributed by atoms with Crippen molar-refractivity contribution in [2.24, 2.45) is 5.41 Å². The Balaban J connectivity index is 2.13. The predicted octanol–water partition coefficient (Wildman–Crippen LogP) is 4.25. The average Bonchev–Trinajstić information content (AvgIpc) is 2.58. The van der Waals surface area contributed by atoms with Gasteiger partial charge in [0.15, 0.2) is 0 Å². The maximum Gasteiger partial charge on any atom is 0.306 e. The van der Waals surface area contributed by atoms with E-state index in [1.165, 1.54) is 23.8 Å². The second-order valence-corrected chi connectivity index (χ2v) is 7.96. The summed E-state index contributed by atoms with van der Waals surface area (Å²) in [5, 5.41) is 0. The Hall–Kier alpha value is -1.68. The van der Waals surface area contributed by atoms with Crippen LogP contribution in [0.25, 0.3) is 0 Å². The molecule has 4 heteroatoms. The normalized spacial score (nSPS) is 22.9. The molecule has 0 heterocycles. The number of aryl methyl sites for hydroxylation is 3. The topological polar surface area (TPSA) is 52.6 Å². The zero-order valence-corrected chi connectivity index (χ0v) is 16.8. The fourth-order valence-corrected chi connectivity index (χ4v) is 4.40. The summed E-state index contributed by atoms with van der Waals surface area (Å²) in [6, 6.07) is 4.26. The first-order valence-electron chi connectivity index (χ1n) is 9.46. The van der Waals surface area contributed by atoms with Crippen LogP contribution in [-0.4, -0.2) is 32.1 Å². The average molecular weight is 360 g/mol. The maximum atomic E-state index is 12.9. The molecular weight excluding hydrogens is 328 g/mol. The number of carbonyl (C=O) groups excluding carboxylic acids is 2. The van der Waals surface area contributed by atoms with Crippen LogP contribution in [-0.2, 0) is 25.5 Å². The Labute approximate surface area is 157 Å². The molecule has 1 fully saturated rings. The van der Waals surface area contributed by atoms with E-state index in [2.05, 4.69) is 32.9 Å². The van der Waals surface area contributed by atoms with Crippen molar-refractivity contribution in [3.8, 4) is 0 Å². The van der Waals surface area contributed by atoms with Gasteiger partial charge in [0, 0.05) is 20.0 Å². The van der Waals surface area contributed by atoms with Gasteiger partial charge in [-0.1, -0.05) is 17.7 Å². The Bertz CT molecular complexity index is 631. The minimum absolute atomic E-state index is 0.208. The molecule has 0 N–H and O–H groups in total. The zero-order chi connectivity index (χ0) is 19.3. The summed E-state index contributed by atoms with van der Waals surface area (Å²) in [6.07, 6.45) is 4.87. The molecule has 0 bridgehead atoms. The number of Topliss-reactive ketones (excluding diaryl/α,β-unsaturated/α-hetero) is 1. The van der Waals surface area contributed by atoms with Crippen LogP contribution in [0.1, 0.15) is 60.8 Å². The molecule has 144 valence electrons. The SMILES string of the molecule is COC(=O)CC1(CC(=O)Cc2c(C)cc(C)cc2C)CCC(OC)CC1. The number of ketones is 1. The van der Waals surface area contributed by atoms with Crippen molar-refractivity contribution < 1.29 is 19.1 Å². The molecule has 1 saturated carbocycles. The summed E-state index contributed by atoms with van der Waals surface area (Å²) < 4.78 is 10.4. The molecular formula is C22H32O4. The number of hydrogen-bond donors (Lipinski definition) is 0. The number of methoxy groups -OCH3 is 2. The van der Waals surface area contributed by atoms with Gasteiger partial charge in [-0.3, -0.25) is 9.59 Å². The van der Waals surface area contributed by atoms with Crippen molar-refractivity contribution in [2.45, 2.75) is 71.8 Å². The molecule has 0 amide bonds. The smallest absolute Gasteiger partial charge is 0.306 e. The summed E-state index contributed by atoms with van der Waals surface area (Å²) in [5.41, 5.74) is 4.39. The van der Waals surface area contributed by atoms with Gasteiger partial charge in [-0.2, -0.15) is 0 Å². The summed E-state index contributed by atoms with van der Waals surface area (Å²) in [6.45, 7) is 6.21. The molecule has 0 radical (unpaired) electrons. The number of hydrogen-bond acceptors (Lipinski definition) is 4. The van der Waals surface area contributed by atoms with E-state index in [0.29, 0.717) is 19.3 Å². The van der Waals surface area contributed by atoms with E-state index in [4.69, 9.17) is 9.47 Å². The van der Waals surface area contributed by atoms with Crippen molar-refractivity contribution in [1.82, 2.24) is 0 Å². The summed E-state index contributed by atoms with van der Waals surface area (Å²) in [4.78, 5) is 24.9. The van der Waals surface area contributed by atoms with Gasteiger partial charge >= 0.3 is 5.97 Å². The minimum Gasteiger partial charge on any atom is -0.469 e. The lowest BCUT2D eigenvalue weighted by Gasteiger charge is -2.39. The molecule has 0 saturated heterocycles. The number of esters is 1. The molecule has 0 spiro atoms. The van der Waals surface area contributed by atoms with Gasteiger partial charge in [0.1, 0.15) is 5.78 Å². The number of carbonyl (C=O) groups is 2. The number of benzene rings is 1. The molecule has 1 aromatic rings. The molecule has 1 aliphatic rings. The van der Waals surface area contributed by atoms with Gasteiger partial charge in [-0.15, -0.1) is 0 Å². The second-order valence-electron chi connectivity index (χ2n) is 7.96. The van der Waals surface area contributed by atoms with Gasteiger partial charge < -0.3 is 9.47 Å². The molecule has 0 aromatic heterocycles. The van der Waals surface area contributed by atoms with Crippen LogP contribution in [0.2, 0.25) is 0 Å².